The predicted octanol–water partition coefficient (Wildman–Crippen LogP) is 3.12. The second-order valence-corrected chi connectivity index (χ2v) is 11.3. The molecule has 3 aliphatic carbocycles. The lowest BCUT2D eigenvalue weighted by Gasteiger charge is -2.67. The van der Waals surface area contributed by atoms with Gasteiger partial charge in [-0.3, -0.25) is 19.7 Å². The second-order valence-electron chi connectivity index (χ2n) is 11.3. The summed E-state index contributed by atoms with van der Waals surface area (Å²) >= 11 is 0. The molecule has 2 aliphatic heterocycles. The molecule has 2 aromatic carbocycles. The Balaban J connectivity index is 0.981. The van der Waals surface area contributed by atoms with Gasteiger partial charge in [0.1, 0.15) is 23.1 Å². The number of benzene rings is 2. The standard InChI is InChI=1S/C28H27F3N4O5/c1-34(17-4-2-15(29)3-5-17)25(38)27-12-28(13-27,14-27)40-26(39)32-16-10-35(11-16)18-8-20(30)23(21(31)9-18)19-6-7-22(36)33-24(19)37/h2-5,8-9,16,19H,6-7,10-14H2,1H3,(H,32,39)(H,33,36,37). The summed E-state index contributed by atoms with van der Waals surface area (Å²) in [7, 11) is 1.64. The summed E-state index contributed by atoms with van der Waals surface area (Å²) in [6.45, 7) is 0.618. The minimum Gasteiger partial charge on any atom is -0.443 e. The lowest BCUT2D eigenvalue weighted by Crippen LogP contribution is -2.74. The van der Waals surface area contributed by atoms with Crippen LogP contribution in [0.5, 0.6) is 0 Å². The van der Waals surface area contributed by atoms with E-state index in [0.29, 0.717) is 38.0 Å². The van der Waals surface area contributed by atoms with Crippen LogP contribution in [0.2, 0.25) is 0 Å². The fourth-order valence-electron chi connectivity index (χ4n) is 6.40. The van der Waals surface area contributed by atoms with Gasteiger partial charge in [0.2, 0.25) is 17.7 Å². The Morgan fingerprint density at radius 1 is 1.05 bits per heavy atom. The van der Waals surface area contributed by atoms with Crippen LogP contribution in [0, 0.1) is 22.9 Å². The largest absolute Gasteiger partial charge is 0.443 e. The third kappa shape index (κ3) is 4.35. The number of nitrogens with zero attached hydrogens (tertiary/aromatic N) is 2. The van der Waals surface area contributed by atoms with E-state index in [2.05, 4.69) is 10.6 Å². The normalized spacial score (nSPS) is 27.1. The predicted molar refractivity (Wildman–Crippen MR) is 136 cm³/mol. The van der Waals surface area contributed by atoms with E-state index >= 15 is 0 Å². The maximum Gasteiger partial charge on any atom is 0.408 e. The molecule has 2 N–H and O–H groups in total. The van der Waals surface area contributed by atoms with Crippen molar-refractivity contribution in [1.82, 2.24) is 10.6 Å². The van der Waals surface area contributed by atoms with Crippen LogP contribution in [0.1, 0.15) is 43.6 Å². The molecule has 0 aromatic heterocycles. The van der Waals surface area contributed by atoms with Crippen LogP contribution in [-0.4, -0.2) is 55.6 Å². The van der Waals surface area contributed by atoms with Gasteiger partial charge in [-0.2, -0.15) is 0 Å². The van der Waals surface area contributed by atoms with Crippen LogP contribution in [0.3, 0.4) is 0 Å². The van der Waals surface area contributed by atoms with Crippen molar-refractivity contribution < 1.29 is 37.1 Å². The molecule has 7 rings (SSSR count). The zero-order valence-electron chi connectivity index (χ0n) is 21.6. The van der Waals surface area contributed by atoms with Crippen LogP contribution in [0.4, 0.5) is 29.3 Å². The average Bonchev–Trinajstić information content (AvgIpc) is 2.83. The van der Waals surface area contributed by atoms with E-state index in [1.165, 1.54) is 29.2 Å². The first-order chi connectivity index (χ1) is 19.0. The van der Waals surface area contributed by atoms with Crippen molar-refractivity contribution in [3.8, 4) is 0 Å². The number of piperidine rings is 1. The maximum absolute atomic E-state index is 14.8. The Kier molecular flexibility index (Phi) is 6.04. The van der Waals surface area contributed by atoms with Crippen molar-refractivity contribution in [3.63, 3.8) is 0 Å². The zero-order valence-corrected chi connectivity index (χ0v) is 21.6. The Labute approximate surface area is 227 Å². The van der Waals surface area contributed by atoms with Crippen LogP contribution >= 0.6 is 0 Å². The Bertz CT molecular complexity index is 1380. The van der Waals surface area contributed by atoms with Crippen molar-refractivity contribution in [2.45, 2.75) is 49.7 Å². The lowest BCUT2D eigenvalue weighted by atomic mass is 9.40. The molecule has 5 fully saturated rings. The molecule has 2 bridgehead atoms. The number of rotatable bonds is 6. The number of alkyl carbamates (subject to hydrolysis) is 1. The number of hydrogen-bond donors (Lipinski definition) is 2. The first-order valence-corrected chi connectivity index (χ1v) is 13.1. The molecule has 40 heavy (non-hydrogen) atoms. The number of carbonyl (C=O) groups is 4. The molecule has 2 saturated heterocycles. The number of amides is 4. The van der Waals surface area contributed by atoms with Gasteiger partial charge in [-0.25, -0.2) is 18.0 Å². The van der Waals surface area contributed by atoms with Gasteiger partial charge in [0, 0.05) is 62.8 Å². The van der Waals surface area contributed by atoms with Gasteiger partial charge in [0.05, 0.1) is 17.4 Å². The van der Waals surface area contributed by atoms with Gasteiger partial charge in [0.25, 0.3) is 0 Å². The monoisotopic (exact) mass is 556 g/mol. The molecule has 0 radical (unpaired) electrons. The SMILES string of the molecule is CN(C(=O)C12CC(OC(=O)NC3CN(c4cc(F)c(C5CCC(=O)NC5=O)c(F)c4)C3)(C1)C2)c1ccc(F)cc1. The number of hydrogen-bond acceptors (Lipinski definition) is 6. The fraction of sp³-hybridized carbons (Fsp3) is 0.429. The van der Waals surface area contributed by atoms with Gasteiger partial charge in [0.15, 0.2) is 0 Å². The summed E-state index contributed by atoms with van der Waals surface area (Å²) in [5.41, 5.74) is -0.743. The van der Waals surface area contributed by atoms with Gasteiger partial charge < -0.3 is 19.9 Å². The van der Waals surface area contributed by atoms with Crippen LogP contribution in [-0.2, 0) is 19.1 Å². The third-order valence-electron chi connectivity index (χ3n) is 8.48. The van der Waals surface area contributed by atoms with Crippen LogP contribution in [0.15, 0.2) is 36.4 Å². The molecule has 2 aromatic rings. The van der Waals surface area contributed by atoms with E-state index < -0.39 is 46.5 Å². The van der Waals surface area contributed by atoms with E-state index in [0.717, 1.165) is 12.1 Å². The number of ether oxygens (including phenoxy) is 1. The summed E-state index contributed by atoms with van der Waals surface area (Å²) in [5, 5.41) is 4.87. The molecule has 3 saturated carbocycles. The smallest absolute Gasteiger partial charge is 0.408 e. The summed E-state index contributed by atoms with van der Waals surface area (Å²) in [4.78, 5) is 52.1. The molecule has 1 unspecified atom stereocenters. The summed E-state index contributed by atoms with van der Waals surface area (Å²) < 4.78 is 48.5. The van der Waals surface area contributed by atoms with Gasteiger partial charge in [-0.15, -0.1) is 0 Å². The van der Waals surface area contributed by atoms with Crippen LogP contribution in [0.25, 0.3) is 0 Å². The summed E-state index contributed by atoms with van der Waals surface area (Å²) in [6.07, 6.45) is 0.713. The molecular weight excluding hydrogens is 529 g/mol. The minimum atomic E-state index is -1.07. The molecule has 210 valence electrons. The van der Waals surface area contributed by atoms with E-state index in [4.69, 9.17) is 4.74 Å². The molecule has 0 spiro atoms. The number of halogens is 3. The highest BCUT2D eigenvalue weighted by atomic mass is 19.1. The molecule has 4 amide bonds. The molecule has 5 aliphatic rings. The molecular formula is C28H27F3N4O5. The first-order valence-electron chi connectivity index (χ1n) is 13.1. The van der Waals surface area contributed by atoms with E-state index in [1.807, 2.05) is 0 Å². The van der Waals surface area contributed by atoms with Crippen molar-refractivity contribution in [2.24, 2.45) is 5.41 Å². The lowest BCUT2D eigenvalue weighted by molar-refractivity contribution is -0.246. The fourth-order valence-corrected chi connectivity index (χ4v) is 6.40. The highest BCUT2D eigenvalue weighted by Crippen LogP contribution is 2.69. The number of carbonyl (C=O) groups excluding carboxylic acids is 4. The van der Waals surface area contributed by atoms with Crippen LogP contribution < -0.4 is 20.4 Å². The Morgan fingerprint density at radius 3 is 2.27 bits per heavy atom. The molecule has 9 nitrogen and oxygen atoms in total. The quantitative estimate of drug-likeness (QED) is 0.530. The van der Waals surface area contributed by atoms with Gasteiger partial charge >= 0.3 is 6.09 Å². The van der Waals surface area contributed by atoms with E-state index in [1.54, 1.807) is 11.9 Å². The molecule has 1 atom stereocenters. The maximum atomic E-state index is 14.8. The second kappa shape index (κ2) is 9.24. The van der Waals surface area contributed by atoms with Gasteiger partial charge in [-0.1, -0.05) is 0 Å². The Hall–Kier alpha value is -4.09. The van der Waals surface area contributed by atoms with E-state index in [-0.39, 0.29) is 41.9 Å². The number of anilines is 2. The minimum absolute atomic E-state index is 0.0121. The first kappa shape index (κ1) is 26.1. The van der Waals surface area contributed by atoms with Crippen molar-refractivity contribution in [3.05, 3.63) is 59.4 Å². The van der Waals surface area contributed by atoms with Crippen molar-refractivity contribution >= 4 is 35.2 Å². The highest BCUT2D eigenvalue weighted by molar-refractivity contribution is 6.01. The summed E-state index contributed by atoms with van der Waals surface area (Å²) in [6, 6.07) is 7.67. The van der Waals surface area contributed by atoms with E-state index in [9.17, 15) is 32.3 Å². The summed E-state index contributed by atoms with van der Waals surface area (Å²) in [5.74, 6) is -4.45. The number of nitrogens with one attached hydrogen (secondary N) is 2. The molecule has 12 heteroatoms. The molecule has 2 heterocycles. The highest BCUT2D eigenvalue weighted by Gasteiger charge is 2.74. The topological polar surface area (TPSA) is 108 Å². The van der Waals surface area contributed by atoms with Gasteiger partial charge in [-0.05, 0) is 42.8 Å². The van der Waals surface area contributed by atoms with Crippen molar-refractivity contribution in [2.75, 3.05) is 29.9 Å². The Morgan fingerprint density at radius 2 is 1.68 bits per heavy atom. The third-order valence-corrected chi connectivity index (χ3v) is 8.48. The average molecular weight is 557 g/mol. The van der Waals surface area contributed by atoms with Crippen molar-refractivity contribution in [1.29, 1.82) is 0 Å². The zero-order chi connectivity index (χ0) is 28.4. The number of imide groups is 1.